The Morgan fingerprint density at radius 3 is 2.72 bits per heavy atom. The van der Waals surface area contributed by atoms with Crippen molar-refractivity contribution in [2.45, 2.75) is 25.3 Å². The Morgan fingerprint density at radius 1 is 1.39 bits per heavy atom. The fourth-order valence-corrected chi connectivity index (χ4v) is 2.03. The van der Waals surface area contributed by atoms with E-state index in [0.717, 1.165) is 18.4 Å². The van der Waals surface area contributed by atoms with Crippen LogP contribution in [0.1, 0.15) is 24.8 Å². The third-order valence-electron chi connectivity index (χ3n) is 3.19. The lowest BCUT2D eigenvalue weighted by atomic mass is 10.1. The van der Waals surface area contributed by atoms with Crippen molar-refractivity contribution in [3.63, 3.8) is 0 Å². The number of amides is 1. The second-order valence-corrected chi connectivity index (χ2v) is 4.71. The molecule has 0 saturated heterocycles. The van der Waals surface area contributed by atoms with E-state index in [0.29, 0.717) is 12.3 Å². The molecule has 1 atom stereocenters. The normalized spacial score (nSPS) is 16.7. The number of aliphatic hydroxyl groups is 1. The van der Waals surface area contributed by atoms with Crippen LogP contribution in [0.5, 0.6) is 0 Å². The smallest absolute Gasteiger partial charge is 0.244 e. The van der Waals surface area contributed by atoms with Gasteiger partial charge in [0.1, 0.15) is 0 Å². The lowest BCUT2D eigenvalue weighted by Crippen LogP contribution is -2.36. The molecule has 18 heavy (non-hydrogen) atoms. The van der Waals surface area contributed by atoms with Crippen LogP contribution in [0, 0.1) is 5.92 Å². The summed E-state index contributed by atoms with van der Waals surface area (Å²) in [7, 11) is 0. The van der Waals surface area contributed by atoms with Gasteiger partial charge in [-0.25, -0.2) is 0 Å². The van der Waals surface area contributed by atoms with Crippen LogP contribution in [0.15, 0.2) is 36.4 Å². The molecule has 0 aliphatic heterocycles. The van der Waals surface area contributed by atoms with Crippen LogP contribution in [0.3, 0.4) is 0 Å². The summed E-state index contributed by atoms with van der Waals surface area (Å²) in [6.45, 7) is 0.129. The minimum Gasteiger partial charge on any atom is -0.396 e. The van der Waals surface area contributed by atoms with Crippen molar-refractivity contribution in [1.82, 2.24) is 5.32 Å². The minimum absolute atomic E-state index is 0.0794. The van der Waals surface area contributed by atoms with Gasteiger partial charge < -0.3 is 10.4 Å². The quantitative estimate of drug-likeness (QED) is 0.753. The lowest BCUT2D eigenvalue weighted by molar-refractivity contribution is -0.117. The van der Waals surface area contributed by atoms with E-state index in [2.05, 4.69) is 5.32 Å². The van der Waals surface area contributed by atoms with E-state index in [1.165, 1.54) is 0 Å². The molecule has 1 aliphatic rings. The maximum atomic E-state index is 11.8. The molecule has 1 aromatic carbocycles. The van der Waals surface area contributed by atoms with Gasteiger partial charge in [-0.15, -0.1) is 0 Å². The summed E-state index contributed by atoms with van der Waals surface area (Å²) in [5.74, 6) is 0.482. The van der Waals surface area contributed by atoms with Gasteiger partial charge in [0, 0.05) is 18.7 Å². The molecule has 0 heterocycles. The molecule has 0 aromatic heterocycles. The molecule has 96 valence electrons. The molecular weight excluding hydrogens is 226 g/mol. The number of nitrogens with one attached hydrogen (secondary N) is 1. The summed E-state index contributed by atoms with van der Waals surface area (Å²) in [6, 6.07) is 9.86. The Labute approximate surface area is 108 Å². The van der Waals surface area contributed by atoms with Crippen LogP contribution in [0.4, 0.5) is 0 Å². The van der Waals surface area contributed by atoms with Gasteiger partial charge in [0.15, 0.2) is 0 Å². The van der Waals surface area contributed by atoms with Gasteiger partial charge in [-0.05, 0) is 36.8 Å². The molecule has 3 nitrogen and oxygen atoms in total. The molecule has 1 aromatic rings. The Hall–Kier alpha value is -1.61. The van der Waals surface area contributed by atoms with Crippen LogP contribution in [0.25, 0.3) is 6.08 Å². The Morgan fingerprint density at radius 2 is 2.11 bits per heavy atom. The lowest BCUT2D eigenvalue weighted by Gasteiger charge is -2.15. The van der Waals surface area contributed by atoms with Crippen LogP contribution in [0.2, 0.25) is 0 Å². The zero-order chi connectivity index (χ0) is 12.8. The first kappa shape index (κ1) is 12.8. The standard InChI is InChI=1S/C15H19NO2/c17-11-10-14(13-7-8-13)16-15(18)9-6-12-4-2-1-3-5-12/h1-6,9,13-14,17H,7-8,10-11H2,(H,16,18)/b9-6+. The average Bonchev–Trinajstić information content (AvgIpc) is 3.21. The second kappa shape index (κ2) is 6.36. The molecule has 1 fully saturated rings. The highest BCUT2D eigenvalue weighted by atomic mass is 16.3. The van der Waals surface area contributed by atoms with Crippen LogP contribution in [-0.4, -0.2) is 23.7 Å². The third-order valence-corrected chi connectivity index (χ3v) is 3.19. The van der Waals surface area contributed by atoms with Crippen LogP contribution >= 0.6 is 0 Å². The number of benzene rings is 1. The molecule has 0 bridgehead atoms. The van der Waals surface area contributed by atoms with Gasteiger partial charge >= 0.3 is 0 Å². The molecule has 3 heteroatoms. The molecule has 2 N–H and O–H groups in total. The van der Waals surface area contributed by atoms with Crippen molar-refractivity contribution < 1.29 is 9.90 Å². The van der Waals surface area contributed by atoms with Crippen molar-refractivity contribution in [1.29, 1.82) is 0 Å². The molecule has 1 aliphatic carbocycles. The molecule has 1 saturated carbocycles. The zero-order valence-electron chi connectivity index (χ0n) is 10.4. The first-order valence-electron chi connectivity index (χ1n) is 6.44. The van der Waals surface area contributed by atoms with E-state index in [-0.39, 0.29) is 18.6 Å². The van der Waals surface area contributed by atoms with Crippen molar-refractivity contribution in [3.05, 3.63) is 42.0 Å². The number of hydrogen-bond donors (Lipinski definition) is 2. The molecule has 0 spiro atoms. The van der Waals surface area contributed by atoms with Gasteiger partial charge in [-0.1, -0.05) is 30.3 Å². The van der Waals surface area contributed by atoms with E-state index in [9.17, 15) is 4.79 Å². The van der Waals surface area contributed by atoms with Crippen molar-refractivity contribution in [2.24, 2.45) is 5.92 Å². The number of hydrogen-bond acceptors (Lipinski definition) is 2. The van der Waals surface area contributed by atoms with E-state index in [1.807, 2.05) is 30.3 Å². The first-order chi connectivity index (χ1) is 8.79. The number of rotatable bonds is 6. The fourth-order valence-electron chi connectivity index (χ4n) is 2.03. The highest BCUT2D eigenvalue weighted by molar-refractivity contribution is 5.91. The number of aliphatic hydroxyl groups excluding tert-OH is 1. The highest BCUT2D eigenvalue weighted by Crippen LogP contribution is 2.33. The number of carbonyl (C=O) groups excluding carboxylic acids is 1. The molecular formula is C15H19NO2. The van der Waals surface area contributed by atoms with Crippen molar-refractivity contribution >= 4 is 12.0 Å². The molecule has 1 unspecified atom stereocenters. The summed E-state index contributed by atoms with van der Waals surface area (Å²) in [5, 5.41) is 11.9. The van der Waals surface area contributed by atoms with E-state index >= 15 is 0 Å². The van der Waals surface area contributed by atoms with E-state index < -0.39 is 0 Å². The van der Waals surface area contributed by atoms with Gasteiger partial charge in [-0.3, -0.25) is 4.79 Å². The Bertz CT molecular complexity index is 410. The minimum atomic E-state index is -0.0794. The van der Waals surface area contributed by atoms with Crippen LogP contribution < -0.4 is 5.32 Å². The summed E-state index contributed by atoms with van der Waals surface area (Å²) in [6.07, 6.45) is 6.33. The summed E-state index contributed by atoms with van der Waals surface area (Å²) >= 11 is 0. The first-order valence-corrected chi connectivity index (χ1v) is 6.44. The number of carbonyl (C=O) groups is 1. The Balaban J connectivity index is 1.85. The molecule has 1 amide bonds. The van der Waals surface area contributed by atoms with Gasteiger partial charge in [0.05, 0.1) is 0 Å². The Kier molecular flexibility index (Phi) is 4.53. The largest absolute Gasteiger partial charge is 0.396 e. The zero-order valence-corrected chi connectivity index (χ0v) is 10.4. The third kappa shape index (κ3) is 4.00. The maximum absolute atomic E-state index is 11.8. The topological polar surface area (TPSA) is 49.3 Å². The maximum Gasteiger partial charge on any atom is 0.244 e. The predicted molar refractivity (Wildman–Crippen MR) is 71.8 cm³/mol. The average molecular weight is 245 g/mol. The second-order valence-electron chi connectivity index (χ2n) is 4.71. The van der Waals surface area contributed by atoms with Gasteiger partial charge in [-0.2, -0.15) is 0 Å². The highest BCUT2D eigenvalue weighted by Gasteiger charge is 2.31. The monoisotopic (exact) mass is 245 g/mol. The predicted octanol–water partition coefficient (Wildman–Crippen LogP) is 1.98. The van der Waals surface area contributed by atoms with Gasteiger partial charge in [0.25, 0.3) is 0 Å². The summed E-state index contributed by atoms with van der Waals surface area (Å²) in [5.41, 5.74) is 1.01. The van der Waals surface area contributed by atoms with Gasteiger partial charge in [0.2, 0.25) is 5.91 Å². The van der Waals surface area contributed by atoms with Crippen LogP contribution in [-0.2, 0) is 4.79 Å². The van der Waals surface area contributed by atoms with E-state index in [4.69, 9.17) is 5.11 Å². The molecule has 0 radical (unpaired) electrons. The molecule has 2 rings (SSSR count). The summed E-state index contributed by atoms with van der Waals surface area (Å²) in [4.78, 5) is 11.8. The van der Waals surface area contributed by atoms with E-state index in [1.54, 1.807) is 12.2 Å². The summed E-state index contributed by atoms with van der Waals surface area (Å²) < 4.78 is 0. The SMILES string of the molecule is O=C(/C=C/c1ccccc1)NC(CCO)C1CC1. The fraction of sp³-hybridized carbons (Fsp3) is 0.400. The van der Waals surface area contributed by atoms with Crippen molar-refractivity contribution in [3.8, 4) is 0 Å². The van der Waals surface area contributed by atoms with Crippen molar-refractivity contribution in [2.75, 3.05) is 6.61 Å².